The van der Waals surface area contributed by atoms with Gasteiger partial charge in [0.1, 0.15) is 5.76 Å². The second-order valence-corrected chi connectivity index (χ2v) is 6.30. The predicted octanol–water partition coefficient (Wildman–Crippen LogP) is 2.51. The highest BCUT2D eigenvalue weighted by atomic mass is 16.5. The van der Waals surface area contributed by atoms with E-state index in [1.165, 1.54) is 0 Å². The van der Waals surface area contributed by atoms with E-state index in [2.05, 4.69) is 14.9 Å². The molecule has 7 nitrogen and oxygen atoms in total. The van der Waals surface area contributed by atoms with Gasteiger partial charge >= 0.3 is 0 Å². The molecule has 1 aliphatic heterocycles. The predicted molar refractivity (Wildman–Crippen MR) is 93.4 cm³/mol. The third kappa shape index (κ3) is 3.75. The van der Waals surface area contributed by atoms with Gasteiger partial charge in [0.15, 0.2) is 0 Å². The van der Waals surface area contributed by atoms with E-state index in [1.54, 1.807) is 30.5 Å². The Morgan fingerprint density at radius 2 is 2.16 bits per heavy atom. The van der Waals surface area contributed by atoms with E-state index in [0.717, 1.165) is 31.7 Å². The molecule has 1 atom stereocenters. The van der Waals surface area contributed by atoms with Gasteiger partial charge in [-0.2, -0.15) is 4.98 Å². The van der Waals surface area contributed by atoms with Crippen LogP contribution in [0.25, 0.3) is 0 Å². The normalized spacial score (nSPS) is 16.5. The smallest absolute Gasteiger partial charge is 0.228 e. The number of anilines is 1. The van der Waals surface area contributed by atoms with Crippen LogP contribution >= 0.6 is 0 Å². The number of amides is 1. The lowest BCUT2D eigenvalue weighted by atomic mass is 9.95. The Hall–Kier alpha value is -2.57. The summed E-state index contributed by atoms with van der Waals surface area (Å²) in [6, 6.07) is 5.40. The number of methoxy groups -OCH3 is 1. The first kappa shape index (κ1) is 17.3. The Kier molecular flexibility index (Phi) is 5.21. The van der Waals surface area contributed by atoms with Gasteiger partial charge in [0, 0.05) is 38.3 Å². The summed E-state index contributed by atoms with van der Waals surface area (Å²) in [5.41, 5.74) is 0. The minimum atomic E-state index is -0.0674. The highest BCUT2D eigenvalue weighted by molar-refractivity contribution is 5.79. The van der Waals surface area contributed by atoms with Gasteiger partial charge in [-0.3, -0.25) is 4.79 Å². The van der Waals surface area contributed by atoms with Gasteiger partial charge in [0.05, 0.1) is 19.4 Å². The van der Waals surface area contributed by atoms with Gasteiger partial charge in [-0.25, -0.2) is 4.98 Å². The van der Waals surface area contributed by atoms with E-state index in [-0.39, 0.29) is 17.9 Å². The second-order valence-electron chi connectivity index (χ2n) is 6.30. The van der Waals surface area contributed by atoms with Crippen molar-refractivity contribution >= 4 is 11.9 Å². The van der Waals surface area contributed by atoms with Crippen LogP contribution in [0.3, 0.4) is 0 Å². The number of furan rings is 1. The van der Waals surface area contributed by atoms with Crippen molar-refractivity contribution in [3.8, 4) is 5.88 Å². The SMILES string of the molecule is COc1ccnc(N2CCC(C(=O)N(C)C(C)c3ccco3)CC2)n1. The molecule has 25 heavy (non-hydrogen) atoms. The van der Waals surface area contributed by atoms with Crippen LogP contribution in [0.1, 0.15) is 31.6 Å². The Morgan fingerprint density at radius 1 is 1.40 bits per heavy atom. The maximum atomic E-state index is 12.8. The van der Waals surface area contributed by atoms with Gasteiger partial charge < -0.3 is 19.0 Å². The van der Waals surface area contributed by atoms with Crippen molar-refractivity contribution in [1.82, 2.24) is 14.9 Å². The molecule has 1 fully saturated rings. The summed E-state index contributed by atoms with van der Waals surface area (Å²) in [5, 5.41) is 0. The Balaban J connectivity index is 1.58. The molecule has 3 rings (SSSR count). The summed E-state index contributed by atoms with van der Waals surface area (Å²) in [6.07, 6.45) is 4.90. The molecule has 0 bridgehead atoms. The van der Waals surface area contributed by atoms with Crippen LogP contribution in [0.4, 0.5) is 5.95 Å². The first-order chi connectivity index (χ1) is 12.1. The van der Waals surface area contributed by atoms with Crippen molar-refractivity contribution in [2.75, 3.05) is 32.1 Å². The zero-order valence-electron chi connectivity index (χ0n) is 14.9. The summed E-state index contributed by atoms with van der Waals surface area (Å²) >= 11 is 0. The number of aromatic nitrogens is 2. The highest BCUT2D eigenvalue weighted by Gasteiger charge is 2.30. The topological polar surface area (TPSA) is 71.7 Å². The van der Waals surface area contributed by atoms with Crippen LogP contribution in [0.5, 0.6) is 5.88 Å². The van der Waals surface area contributed by atoms with E-state index in [9.17, 15) is 4.79 Å². The van der Waals surface area contributed by atoms with Crippen molar-refractivity contribution in [2.45, 2.75) is 25.8 Å². The average Bonchev–Trinajstić information content (AvgIpc) is 3.21. The lowest BCUT2D eigenvalue weighted by Crippen LogP contribution is -2.42. The number of nitrogens with zero attached hydrogens (tertiary/aromatic N) is 4. The zero-order valence-corrected chi connectivity index (χ0v) is 14.9. The molecule has 0 radical (unpaired) electrons. The van der Waals surface area contributed by atoms with Crippen LogP contribution in [-0.2, 0) is 4.79 Å². The minimum absolute atomic E-state index is 0.0178. The summed E-state index contributed by atoms with van der Waals surface area (Å²) in [6.45, 7) is 3.50. The summed E-state index contributed by atoms with van der Waals surface area (Å²) < 4.78 is 10.6. The molecule has 2 aromatic heterocycles. The van der Waals surface area contributed by atoms with Gasteiger partial charge in [-0.1, -0.05) is 0 Å². The molecule has 7 heteroatoms. The molecule has 0 spiro atoms. The molecule has 1 unspecified atom stereocenters. The fourth-order valence-electron chi connectivity index (χ4n) is 3.12. The molecule has 134 valence electrons. The van der Waals surface area contributed by atoms with Crippen LogP contribution in [0, 0.1) is 5.92 Å². The molecule has 2 aromatic rings. The van der Waals surface area contributed by atoms with E-state index < -0.39 is 0 Å². The molecule has 0 N–H and O–H groups in total. The second kappa shape index (κ2) is 7.55. The molecule has 1 aliphatic rings. The lowest BCUT2D eigenvalue weighted by Gasteiger charge is -2.34. The molecule has 0 saturated carbocycles. The van der Waals surface area contributed by atoms with E-state index >= 15 is 0 Å². The maximum absolute atomic E-state index is 12.8. The number of piperidine rings is 1. The van der Waals surface area contributed by atoms with E-state index in [0.29, 0.717) is 11.8 Å². The number of carbonyl (C=O) groups excluding carboxylic acids is 1. The number of hydrogen-bond acceptors (Lipinski definition) is 6. The van der Waals surface area contributed by atoms with Crippen molar-refractivity contribution in [2.24, 2.45) is 5.92 Å². The van der Waals surface area contributed by atoms with Crippen molar-refractivity contribution in [3.63, 3.8) is 0 Å². The fraction of sp³-hybridized carbons (Fsp3) is 0.500. The number of rotatable bonds is 5. The van der Waals surface area contributed by atoms with Crippen LogP contribution in [0.2, 0.25) is 0 Å². The van der Waals surface area contributed by atoms with Crippen molar-refractivity contribution < 1.29 is 13.9 Å². The monoisotopic (exact) mass is 344 g/mol. The van der Waals surface area contributed by atoms with E-state index in [1.807, 2.05) is 26.1 Å². The molecule has 0 aromatic carbocycles. The lowest BCUT2D eigenvalue weighted by molar-refractivity contribution is -0.137. The third-order valence-electron chi connectivity index (χ3n) is 4.84. The standard InChI is InChI=1S/C18H24N4O3/c1-13(15-5-4-12-25-15)21(2)17(23)14-7-10-22(11-8-14)18-19-9-6-16(20-18)24-3/h4-6,9,12-14H,7-8,10-11H2,1-3H3. The quantitative estimate of drug-likeness (QED) is 0.830. The minimum Gasteiger partial charge on any atom is -0.481 e. The Morgan fingerprint density at radius 3 is 2.80 bits per heavy atom. The number of hydrogen-bond donors (Lipinski definition) is 0. The van der Waals surface area contributed by atoms with Crippen molar-refractivity contribution in [3.05, 3.63) is 36.4 Å². The summed E-state index contributed by atoms with van der Waals surface area (Å²) in [5.74, 6) is 2.19. The van der Waals surface area contributed by atoms with E-state index in [4.69, 9.17) is 9.15 Å². The zero-order chi connectivity index (χ0) is 17.8. The van der Waals surface area contributed by atoms with Gasteiger partial charge in [0.25, 0.3) is 0 Å². The maximum Gasteiger partial charge on any atom is 0.228 e. The molecular weight excluding hydrogens is 320 g/mol. The molecular formula is C18H24N4O3. The van der Waals surface area contributed by atoms with Gasteiger partial charge in [-0.15, -0.1) is 0 Å². The molecule has 0 aliphatic carbocycles. The van der Waals surface area contributed by atoms with Crippen LogP contribution < -0.4 is 9.64 Å². The Bertz CT molecular complexity index is 696. The molecule has 1 amide bonds. The third-order valence-corrected chi connectivity index (χ3v) is 4.84. The summed E-state index contributed by atoms with van der Waals surface area (Å²) in [7, 11) is 3.43. The first-order valence-corrected chi connectivity index (χ1v) is 8.52. The number of carbonyl (C=O) groups is 1. The number of ether oxygens (including phenoxy) is 1. The fourth-order valence-corrected chi connectivity index (χ4v) is 3.12. The summed E-state index contributed by atoms with van der Waals surface area (Å²) in [4.78, 5) is 25.3. The van der Waals surface area contributed by atoms with Crippen LogP contribution in [0.15, 0.2) is 35.1 Å². The first-order valence-electron chi connectivity index (χ1n) is 8.52. The van der Waals surface area contributed by atoms with Crippen molar-refractivity contribution in [1.29, 1.82) is 0 Å². The highest BCUT2D eigenvalue weighted by Crippen LogP contribution is 2.26. The largest absolute Gasteiger partial charge is 0.481 e. The molecule has 1 saturated heterocycles. The molecule has 3 heterocycles. The van der Waals surface area contributed by atoms with Gasteiger partial charge in [-0.05, 0) is 31.9 Å². The Labute approximate surface area is 147 Å². The van der Waals surface area contributed by atoms with Gasteiger partial charge in [0.2, 0.25) is 17.7 Å². The van der Waals surface area contributed by atoms with Crippen LogP contribution in [-0.4, -0.2) is 48.0 Å². The average molecular weight is 344 g/mol.